The Bertz CT molecular complexity index is 218. The lowest BCUT2D eigenvalue weighted by Crippen LogP contribution is -2.47. The summed E-state index contributed by atoms with van der Waals surface area (Å²) in [6.07, 6.45) is 2.73. The maximum absolute atomic E-state index is 5.70. The third kappa shape index (κ3) is 8.87. The molecule has 0 radical (unpaired) electrons. The highest BCUT2D eigenvalue weighted by atomic mass is 32.1. The Hall–Kier alpha value is 0.190. The second kappa shape index (κ2) is 10.9. The third-order valence-electron chi connectivity index (χ3n) is 3.33. The van der Waals surface area contributed by atoms with Gasteiger partial charge in [0.25, 0.3) is 0 Å². The van der Waals surface area contributed by atoms with E-state index in [9.17, 15) is 0 Å². The molecule has 1 heterocycles. The minimum atomic E-state index is 0.293. The average molecular weight is 290 g/mol. The van der Waals surface area contributed by atoms with Gasteiger partial charge >= 0.3 is 0 Å². The summed E-state index contributed by atoms with van der Waals surface area (Å²) in [6, 6.07) is 0. The summed E-state index contributed by atoms with van der Waals surface area (Å²) in [6.45, 7) is 11.0. The summed E-state index contributed by atoms with van der Waals surface area (Å²) < 4.78 is 11.4. The zero-order chi connectivity index (χ0) is 13.9. The predicted octanol–water partition coefficient (Wildman–Crippen LogP) is 1.62. The highest BCUT2D eigenvalue weighted by molar-refractivity contribution is 7.80. The van der Waals surface area contributed by atoms with Gasteiger partial charge in [-0.3, -0.25) is 4.90 Å². The SMILES string of the molecule is CC(C)CCCOCCN1CCO[C@H](CNCS)C1. The highest BCUT2D eigenvalue weighted by Crippen LogP contribution is 2.05. The molecule has 0 saturated carbocycles. The quantitative estimate of drug-likeness (QED) is 0.364. The molecule has 114 valence electrons. The molecule has 4 nitrogen and oxygen atoms in total. The van der Waals surface area contributed by atoms with Crippen LogP contribution in [0.1, 0.15) is 26.7 Å². The lowest BCUT2D eigenvalue weighted by molar-refractivity contribution is -0.0344. The van der Waals surface area contributed by atoms with Crippen molar-refractivity contribution in [2.75, 3.05) is 51.9 Å². The van der Waals surface area contributed by atoms with Gasteiger partial charge in [0.15, 0.2) is 0 Å². The first-order valence-corrected chi connectivity index (χ1v) is 8.09. The molecule has 1 fully saturated rings. The van der Waals surface area contributed by atoms with Gasteiger partial charge in [-0.15, -0.1) is 0 Å². The molecule has 19 heavy (non-hydrogen) atoms. The molecular weight excluding hydrogens is 260 g/mol. The maximum Gasteiger partial charge on any atom is 0.0827 e. The van der Waals surface area contributed by atoms with Crippen LogP contribution in [0.2, 0.25) is 0 Å². The molecule has 0 aromatic rings. The standard InChI is InChI=1S/C14H30N2O2S/c1-13(2)4-3-7-17-8-5-16-6-9-18-14(11-16)10-15-12-19/h13-15,19H,3-12H2,1-2H3/t14-/m1/s1. The Morgan fingerprint density at radius 3 is 3.00 bits per heavy atom. The lowest BCUT2D eigenvalue weighted by Gasteiger charge is -2.32. The normalized spacial score (nSPS) is 21.2. The number of rotatable bonds is 10. The molecule has 1 saturated heterocycles. The summed E-state index contributed by atoms with van der Waals surface area (Å²) in [4.78, 5) is 2.43. The van der Waals surface area contributed by atoms with Crippen LogP contribution in [0.4, 0.5) is 0 Å². The van der Waals surface area contributed by atoms with Crippen LogP contribution in [0, 0.1) is 5.92 Å². The van der Waals surface area contributed by atoms with E-state index in [2.05, 4.69) is 36.7 Å². The molecule has 0 spiro atoms. The number of nitrogens with one attached hydrogen (secondary N) is 1. The summed E-state index contributed by atoms with van der Waals surface area (Å²) in [7, 11) is 0. The number of hydrogen-bond donors (Lipinski definition) is 2. The molecule has 0 amide bonds. The molecule has 1 aliphatic rings. The van der Waals surface area contributed by atoms with E-state index in [1.54, 1.807) is 0 Å². The van der Waals surface area contributed by atoms with Crippen LogP contribution in [0.25, 0.3) is 0 Å². The van der Waals surface area contributed by atoms with Crippen LogP contribution < -0.4 is 5.32 Å². The van der Waals surface area contributed by atoms with Crippen molar-refractivity contribution in [1.29, 1.82) is 0 Å². The first-order chi connectivity index (χ1) is 9.22. The van der Waals surface area contributed by atoms with Crippen molar-refractivity contribution in [3.63, 3.8) is 0 Å². The zero-order valence-corrected chi connectivity index (χ0v) is 13.3. The first-order valence-electron chi connectivity index (χ1n) is 7.45. The minimum absolute atomic E-state index is 0.293. The molecule has 0 aromatic heterocycles. The van der Waals surface area contributed by atoms with Crippen LogP contribution in [0.15, 0.2) is 0 Å². The van der Waals surface area contributed by atoms with Crippen molar-refractivity contribution in [1.82, 2.24) is 10.2 Å². The smallest absolute Gasteiger partial charge is 0.0827 e. The van der Waals surface area contributed by atoms with Gasteiger partial charge in [0.05, 0.1) is 19.3 Å². The van der Waals surface area contributed by atoms with E-state index in [0.29, 0.717) is 12.0 Å². The Balaban J connectivity index is 1.99. The van der Waals surface area contributed by atoms with Gasteiger partial charge < -0.3 is 14.8 Å². The first kappa shape index (κ1) is 17.2. The van der Waals surface area contributed by atoms with Gasteiger partial charge in [0.2, 0.25) is 0 Å². The third-order valence-corrected chi connectivity index (χ3v) is 3.55. The Morgan fingerprint density at radius 2 is 2.26 bits per heavy atom. The largest absolute Gasteiger partial charge is 0.380 e. The molecule has 0 unspecified atom stereocenters. The Labute approximate surface area is 123 Å². The monoisotopic (exact) mass is 290 g/mol. The topological polar surface area (TPSA) is 33.7 Å². The van der Waals surface area contributed by atoms with Gasteiger partial charge in [-0.2, -0.15) is 12.6 Å². The second-order valence-electron chi connectivity index (χ2n) is 5.55. The summed E-state index contributed by atoms with van der Waals surface area (Å²) in [5.41, 5.74) is 0. The van der Waals surface area contributed by atoms with Crippen LogP contribution in [-0.2, 0) is 9.47 Å². The molecule has 0 aromatic carbocycles. The van der Waals surface area contributed by atoms with Gasteiger partial charge in [0.1, 0.15) is 0 Å². The van der Waals surface area contributed by atoms with Crippen molar-refractivity contribution >= 4 is 12.6 Å². The van der Waals surface area contributed by atoms with E-state index in [1.165, 1.54) is 12.8 Å². The van der Waals surface area contributed by atoms with Crippen LogP contribution in [0.3, 0.4) is 0 Å². The number of thiol groups is 1. The number of nitrogens with zero attached hydrogens (tertiary/aromatic N) is 1. The number of hydrogen-bond acceptors (Lipinski definition) is 5. The second-order valence-corrected chi connectivity index (χ2v) is 5.87. The Morgan fingerprint density at radius 1 is 1.42 bits per heavy atom. The average Bonchev–Trinajstić information content (AvgIpc) is 2.40. The van der Waals surface area contributed by atoms with E-state index >= 15 is 0 Å². The fourth-order valence-corrected chi connectivity index (χ4v) is 2.35. The number of ether oxygens (including phenoxy) is 2. The predicted molar refractivity (Wildman–Crippen MR) is 82.9 cm³/mol. The van der Waals surface area contributed by atoms with E-state index in [1.807, 2.05) is 0 Å². The molecular formula is C14H30N2O2S. The summed E-state index contributed by atoms with van der Waals surface area (Å²) in [5.74, 6) is 1.49. The van der Waals surface area contributed by atoms with Crippen LogP contribution >= 0.6 is 12.6 Å². The van der Waals surface area contributed by atoms with E-state index in [0.717, 1.165) is 51.9 Å². The molecule has 1 aliphatic heterocycles. The number of morpholine rings is 1. The van der Waals surface area contributed by atoms with Crippen molar-refractivity contribution in [2.24, 2.45) is 5.92 Å². The molecule has 1 N–H and O–H groups in total. The minimum Gasteiger partial charge on any atom is -0.380 e. The molecule has 5 heteroatoms. The van der Waals surface area contributed by atoms with Crippen molar-refractivity contribution < 1.29 is 9.47 Å². The van der Waals surface area contributed by atoms with Gasteiger partial charge in [-0.25, -0.2) is 0 Å². The zero-order valence-electron chi connectivity index (χ0n) is 12.4. The highest BCUT2D eigenvalue weighted by Gasteiger charge is 2.19. The van der Waals surface area contributed by atoms with Crippen molar-refractivity contribution in [3.8, 4) is 0 Å². The van der Waals surface area contributed by atoms with Gasteiger partial charge in [-0.05, 0) is 18.8 Å². The Kier molecular flexibility index (Phi) is 9.91. The van der Waals surface area contributed by atoms with Crippen molar-refractivity contribution in [3.05, 3.63) is 0 Å². The maximum atomic E-state index is 5.70. The fraction of sp³-hybridized carbons (Fsp3) is 1.00. The molecule has 1 atom stereocenters. The fourth-order valence-electron chi connectivity index (χ4n) is 2.22. The van der Waals surface area contributed by atoms with Gasteiger partial charge in [-0.1, -0.05) is 13.8 Å². The van der Waals surface area contributed by atoms with Crippen molar-refractivity contribution in [2.45, 2.75) is 32.8 Å². The molecule has 0 bridgehead atoms. The van der Waals surface area contributed by atoms with E-state index in [-0.39, 0.29) is 0 Å². The van der Waals surface area contributed by atoms with E-state index in [4.69, 9.17) is 9.47 Å². The lowest BCUT2D eigenvalue weighted by atomic mass is 10.1. The summed E-state index contributed by atoms with van der Waals surface area (Å²) in [5, 5.41) is 3.21. The molecule has 0 aliphatic carbocycles. The van der Waals surface area contributed by atoms with Gasteiger partial charge in [0, 0.05) is 38.7 Å². The summed E-state index contributed by atoms with van der Waals surface area (Å²) >= 11 is 4.15. The molecule has 1 rings (SSSR count). The van der Waals surface area contributed by atoms with Crippen LogP contribution in [-0.4, -0.2) is 62.9 Å². The van der Waals surface area contributed by atoms with Crippen LogP contribution in [0.5, 0.6) is 0 Å². The van der Waals surface area contributed by atoms with E-state index < -0.39 is 0 Å².